The number of amides is 1. The van der Waals surface area contributed by atoms with E-state index in [0.29, 0.717) is 23.4 Å². The molecule has 3 aromatic rings. The van der Waals surface area contributed by atoms with Crippen molar-refractivity contribution in [3.05, 3.63) is 83.1 Å². The molecule has 25 heavy (non-hydrogen) atoms. The second-order valence-electron chi connectivity index (χ2n) is 5.27. The summed E-state index contributed by atoms with van der Waals surface area (Å²) in [5, 5.41) is 18.8. The van der Waals surface area contributed by atoms with E-state index in [1.165, 1.54) is 24.5 Å². The van der Waals surface area contributed by atoms with Crippen LogP contribution in [-0.2, 0) is 6.42 Å². The minimum Gasteiger partial charge on any atom is -0.307 e. The molecule has 2 aromatic heterocycles. The summed E-state index contributed by atoms with van der Waals surface area (Å²) in [7, 11) is 0. The average Bonchev–Trinajstić information content (AvgIpc) is 2.63. The zero-order valence-electron chi connectivity index (χ0n) is 13.0. The highest BCUT2D eigenvalue weighted by atomic mass is 19.1. The number of aromatic nitrogens is 3. The maximum atomic E-state index is 13.5. The van der Waals surface area contributed by atoms with Crippen LogP contribution >= 0.6 is 0 Å². The van der Waals surface area contributed by atoms with Crippen LogP contribution in [0.4, 0.5) is 10.2 Å². The molecule has 1 aromatic carbocycles. The van der Waals surface area contributed by atoms with Crippen molar-refractivity contribution in [2.24, 2.45) is 0 Å². The van der Waals surface area contributed by atoms with Crippen LogP contribution in [0, 0.1) is 17.1 Å². The minimum absolute atomic E-state index is 0.276. The summed E-state index contributed by atoms with van der Waals surface area (Å²) in [5.74, 6) is -0.390. The minimum atomic E-state index is -0.447. The number of anilines is 1. The van der Waals surface area contributed by atoms with Gasteiger partial charge in [-0.3, -0.25) is 4.79 Å². The van der Waals surface area contributed by atoms with Crippen molar-refractivity contribution in [3.8, 4) is 6.07 Å². The summed E-state index contributed by atoms with van der Waals surface area (Å²) in [5.41, 5.74) is 2.17. The SMILES string of the molecule is N#Cc1cc(F)cc(Cc2ccc(NC(=O)c3ccnnc3)nc2)c1. The van der Waals surface area contributed by atoms with Gasteiger partial charge in [0.05, 0.1) is 29.6 Å². The molecule has 0 bridgehead atoms. The Balaban J connectivity index is 1.69. The lowest BCUT2D eigenvalue weighted by Crippen LogP contribution is -2.13. The summed E-state index contributed by atoms with van der Waals surface area (Å²) < 4.78 is 13.5. The number of halogens is 1. The quantitative estimate of drug-likeness (QED) is 0.792. The Morgan fingerprint density at radius 2 is 2.00 bits per heavy atom. The number of carbonyl (C=O) groups excluding carboxylic acids is 1. The molecule has 6 nitrogen and oxygen atoms in total. The maximum Gasteiger partial charge on any atom is 0.258 e. The third-order valence-electron chi connectivity index (χ3n) is 3.41. The third-order valence-corrected chi connectivity index (χ3v) is 3.41. The van der Waals surface area contributed by atoms with E-state index in [1.807, 2.05) is 6.07 Å². The van der Waals surface area contributed by atoms with Gasteiger partial charge in [0.15, 0.2) is 0 Å². The van der Waals surface area contributed by atoms with Crippen LogP contribution in [0.25, 0.3) is 0 Å². The smallest absolute Gasteiger partial charge is 0.258 e. The van der Waals surface area contributed by atoms with Gasteiger partial charge in [0.25, 0.3) is 5.91 Å². The molecule has 0 spiro atoms. The standard InChI is InChI=1S/C18H12FN5O/c19-16-7-13(6-14(8-16)9-20)5-12-1-2-17(21-10-12)24-18(25)15-3-4-22-23-11-15/h1-4,6-8,10-11H,5H2,(H,21,24,25). The molecule has 0 saturated carbocycles. The van der Waals surface area contributed by atoms with E-state index in [0.717, 1.165) is 5.56 Å². The Morgan fingerprint density at radius 3 is 2.68 bits per heavy atom. The van der Waals surface area contributed by atoms with Gasteiger partial charge in [-0.2, -0.15) is 15.5 Å². The molecule has 122 valence electrons. The van der Waals surface area contributed by atoms with Crippen molar-refractivity contribution in [3.63, 3.8) is 0 Å². The number of carbonyl (C=O) groups is 1. The first kappa shape index (κ1) is 16.2. The van der Waals surface area contributed by atoms with Crippen molar-refractivity contribution in [1.29, 1.82) is 5.26 Å². The normalized spacial score (nSPS) is 10.1. The third kappa shape index (κ3) is 4.20. The van der Waals surface area contributed by atoms with Crippen LogP contribution in [0.1, 0.15) is 27.0 Å². The van der Waals surface area contributed by atoms with Crippen molar-refractivity contribution in [2.45, 2.75) is 6.42 Å². The van der Waals surface area contributed by atoms with Crippen molar-refractivity contribution in [2.75, 3.05) is 5.32 Å². The first-order valence-electron chi connectivity index (χ1n) is 7.36. The van der Waals surface area contributed by atoms with E-state index in [4.69, 9.17) is 5.26 Å². The molecule has 0 fully saturated rings. The van der Waals surface area contributed by atoms with Crippen LogP contribution in [0.15, 0.2) is 55.0 Å². The van der Waals surface area contributed by atoms with Gasteiger partial charge in [0, 0.05) is 6.20 Å². The highest BCUT2D eigenvalue weighted by molar-refractivity contribution is 6.03. The predicted octanol–water partition coefficient (Wildman–Crippen LogP) is 2.73. The largest absolute Gasteiger partial charge is 0.307 e. The van der Waals surface area contributed by atoms with Crippen molar-refractivity contribution in [1.82, 2.24) is 15.2 Å². The zero-order chi connectivity index (χ0) is 17.6. The molecule has 3 rings (SSSR count). The van der Waals surface area contributed by atoms with Gasteiger partial charge in [-0.1, -0.05) is 6.07 Å². The molecule has 0 radical (unpaired) electrons. The van der Waals surface area contributed by atoms with Crippen molar-refractivity contribution < 1.29 is 9.18 Å². The van der Waals surface area contributed by atoms with Crippen LogP contribution in [-0.4, -0.2) is 21.1 Å². The Morgan fingerprint density at radius 1 is 1.12 bits per heavy atom. The van der Waals surface area contributed by atoms with E-state index in [9.17, 15) is 9.18 Å². The predicted molar refractivity (Wildman–Crippen MR) is 88.1 cm³/mol. The van der Waals surface area contributed by atoms with Crippen LogP contribution < -0.4 is 5.32 Å². The number of nitrogens with one attached hydrogen (secondary N) is 1. The monoisotopic (exact) mass is 333 g/mol. The molecule has 0 aliphatic carbocycles. The molecular weight excluding hydrogens is 321 g/mol. The van der Waals surface area contributed by atoms with Gasteiger partial charge in [0.2, 0.25) is 0 Å². The van der Waals surface area contributed by atoms with Gasteiger partial charge in [-0.05, 0) is 47.9 Å². The summed E-state index contributed by atoms with van der Waals surface area (Å²) in [6.07, 6.45) is 4.82. The molecule has 0 unspecified atom stereocenters. The molecule has 0 saturated heterocycles. The lowest BCUT2D eigenvalue weighted by molar-refractivity contribution is 0.102. The van der Waals surface area contributed by atoms with Gasteiger partial charge in [-0.15, -0.1) is 0 Å². The fourth-order valence-electron chi connectivity index (χ4n) is 2.27. The number of hydrogen-bond acceptors (Lipinski definition) is 5. The summed E-state index contributed by atoms with van der Waals surface area (Å²) in [6.45, 7) is 0. The molecule has 7 heteroatoms. The lowest BCUT2D eigenvalue weighted by Gasteiger charge is -2.06. The van der Waals surface area contributed by atoms with E-state index in [-0.39, 0.29) is 11.5 Å². The number of rotatable bonds is 4. The number of hydrogen-bond donors (Lipinski definition) is 1. The zero-order valence-corrected chi connectivity index (χ0v) is 13.0. The maximum absolute atomic E-state index is 13.5. The highest BCUT2D eigenvalue weighted by Gasteiger charge is 2.07. The molecular formula is C18H12FN5O. The van der Waals surface area contributed by atoms with E-state index in [2.05, 4.69) is 20.5 Å². The Hall–Kier alpha value is -3.66. The second-order valence-corrected chi connectivity index (χ2v) is 5.27. The molecule has 2 heterocycles. The van der Waals surface area contributed by atoms with Gasteiger partial charge in [-0.25, -0.2) is 9.37 Å². The van der Waals surface area contributed by atoms with Gasteiger partial charge < -0.3 is 5.32 Å². The highest BCUT2D eigenvalue weighted by Crippen LogP contribution is 2.15. The number of nitriles is 1. The second kappa shape index (κ2) is 7.27. The molecule has 0 aliphatic heterocycles. The average molecular weight is 333 g/mol. The first-order chi connectivity index (χ1) is 12.1. The molecule has 1 N–H and O–H groups in total. The summed E-state index contributed by atoms with van der Waals surface area (Å²) >= 11 is 0. The first-order valence-corrected chi connectivity index (χ1v) is 7.36. The Kier molecular flexibility index (Phi) is 4.72. The van der Waals surface area contributed by atoms with Gasteiger partial charge >= 0.3 is 0 Å². The number of benzene rings is 1. The number of nitrogens with zero attached hydrogens (tertiary/aromatic N) is 4. The van der Waals surface area contributed by atoms with Gasteiger partial charge in [0.1, 0.15) is 11.6 Å². The Bertz CT molecular complexity index is 936. The van der Waals surface area contributed by atoms with Crippen molar-refractivity contribution >= 4 is 11.7 Å². The van der Waals surface area contributed by atoms with Crippen LogP contribution in [0.5, 0.6) is 0 Å². The number of pyridine rings is 1. The lowest BCUT2D eigenvalue weighted by atomic mass is 10.0. The molecule has 0 atom stereocenters. The van der Waals surface area contributed by atoms with E-state index >= 15 is 0 Å². The van der Waals surface area contributed by atoms with E-state index in [1.54, 1.807) is 30.5 Å². The molecule has 1 amide bonds. The Labute approximate surface area is 143 Å². The molecule has 0 aliphatic rings. The summed E-state index contributed by atoms with van der Waals surface area (Å²) in [4.78, 5) is 16.2. The van der Waals surface area contributed by atoms with E-state index < -0.39 is 5.82 Å². The fourth-order valence-corrected chi connectivity index (χ4v) is 2.27. The fraction of sp³-hybridized carbons (Fsp3) is 0.0556. The van der Waals surface area contributed by atoms with Crippen LogP contribution in [0.3, 0.4) is 0 Å². The topological polar surface area (TPSA) is 91.6 Å². The summed E-state index contributed by atoms with van der Waals surface area (Å²) in [6, 6.07) is 11.1. The van der Waals surface area contributed by atoms with Crippen LogP contribution in [0.2, 0.25) is 0 Å².